The molecular weight excluding hydrogens is 298 g/mol. The number of ether oxygens (including phenoxy) is 2. The van der Waals surface area contributed by atoms with Crippen LogP contribution in [-0.2, 0) is 4.74 Å². The minimum absolute atomic E-state index is 0.257. The first-order valence-corrected chi connectivity index (χ1v) is 6.73. The minimum atomic E-state index is -0.517. The number of rotatable bonds is 6. The molecule has 0 fully saturated rings. The maximum atomic E-state index is 11.7. The van der Waals surface area contributed by atoms with Crippen molar-refractivity contribution in [1.29, 1.82) is 0 Å². The number of amides is 3. The zero-order valence-electron chi connectivity index (χ0n) is 11.9. The molecule has 3 amide bonds. The van der Waals surface area contributed by atoms with Crippen molar-refractivity contribution in [3.8, 4) is 5.75 Å². The van der Waals surface area contributed by atoms with E-state index in [0.717, 1.165) is 0 Å². The summed E-state index contributed by atoms with van der Waals surface area (Å²) in [4.78, 5) is 22.7. The predicted molar refractivity (Wildman–Crippen MR) is 80.1 cm³/mol. The van der Waals surface area contributed by atoms with Gasteiger partial charge in [-0.05, 0) is 25.1 Å². The van der Waals surface area contributed by atoms with Crippen LogP contribution in [0.25, 0.3) is 0 Å². The Hall–Kier alpha value is -2.15. The predicted octanol–water partition coefficient (Wildman–Crippen LogP) is 2.22. The van der Waals surface area contributed by atoms with Gasteiger partial charge in [0.25, 0.3) is 0 Å². The van der Waals surface area contributed by atoms with Gasteiger partial charge in [-0.1, -0.05) is 11.6 Å². The molecular formula is C13H18ClN3O4. The van der Waals surface area contributed by atoms with E-state index in [-0.39, 0.29) is 13.1 Å². The van der Waals surface area contributed by atoms with Crippen LogP contribution in [0.3, 0.4) is 0 Å². The Balaban J connectivity index is 2.37. The molecule has 0 unspecified atom stereocenters. The van der Waals surface area contributed by atoms with Crippen LogP contribution in [0.4, 0.5) is 15.3 Å². The molecule has 0 spiro atoms. The van der Waals surface area contributed by atoms with Gasteiger partial charge in [0.15, 0.2) is 0 Å². The molecule has 21 heavy (non-hydrogen) atoms. The van der Waals surface area contributed by atoms with Gasteiger partial charge in [-0.2, -0.15) is 0 Å². The number of hydrogen-bond donors (Lipinski definition) is 3. The number of alkyl carbamates (subject to hydrolysis) is 1. The molecule has 0 bridgehead atoms. The van der Waals surface area contributed by atoms with Crippen LogP contribution >= 0.6 is 11.6 Å². The van der Waals surface area contributed by atoms with E-state index >= 15 is 0 Å². The van der Waals surface area contributed by atoms with Crippen molar-refractivity contribution in [3.63, 3.8) is 0 Å². The van der Waals surface area contributed by atoms with Gasteiger partial charge in [0.1, 0.15) is 5.75 Å². The van der Waals surface area contributed by atoms with Crippen molar-refractivity contribution >= 4 is 29.4 Å². The maximum Gasteiger partial charge on any atom is 0.407 e. The standard InChI is InChI=1S/C13H18ClN3O4/c1-3-21-13(19)16-7-6-15-12(18)17-10-8-9(14)4-5-11(10)20-2/h4-5,8H,3,6-7H2,1-2H3,(H,16,19)(H2,15,17,18). The van der Waals surface area contributed by atoms with E-state index in [1.54, 1.807) is 25.1 Å². The molecule has 0 saturated carbocycles. The first kappa shape index (κ1) is 16.9. The lowest BCUT2D eigenvalue weighted by molar-refractivity contribution is 0.152. The number of urea groups is 1. The summed E-state index contributed by atoms with van der Waals surface area (Å²) in [7, 11) is 1.50. The van der Waals surface area contributed by atoms with E-state index in [9.17, 15) is 9.59 Å². The van der Waals surface area contributed by atoms with Crippen LogP contribution in [0.15, 0.2) is 18.2 Å². The Morgan fingerprint density at radius 1 is 1.24 bits per heavy atom. The average Bonchev–Trinajstić information content (AvgIpc) is 2.44. The Morgan fingerprint density at radius 2 is 1.95 bits per heavy atom. The summed E-state index contributed by atoms with van der Waals surface area (Å²) in [6, 6.07) is 4.46. The molecule has 8 heteroatoms. The normalized spacial score (nSPS) is 9.67. The SMILES string of the molecule is CCOC(=O)NCCNC(=O)Nc1cc(Cl)ccc1OC. The molecule has 1 aromatic carbocycles. The van der Waals surface area contributed by atoms with Crippen LogP contribution in [0.1, 0.15) is 6.92 Å². The van der Waals surface area contributed by atoms with Crippen LogP contribution in [0.2, 0.25) is 5.02 Å². The van der Waals surface area contributed by atoms with Gasteiger partial charge in [-0.15, -0.1) is 0 Å². The van der Waals surface area contributed by atoms with Crippen LogP contribution in [0, 0.1) is 0 Å². The molecule has 1 aromatic rings. The number of anilines is 1. The summed E-state index contributed by atoms with van der Waals surface area (Å²) in [5, 5.41) is 8.16. The monoisotopic (exact) mass is 315 g/mol. The summed E-state index contributed by atoms with van der Waals surface area (Å²) in [6.07, 6.45) is -0.517. The number of carbonyl (C=O) groups excluding carboxylic acids is 2. The maximum absolute atomic E-state index is 11.7. The molecule has 3 N–H and O–H groups in total. The fraction of sp³-hybridized carbons (Fsp3) is 0.385. The molecule has 0 aromatic heterocycles. The number of nitrogens with one attached hydrogen (secondary N) is 3. The van der Waals surface area contributed by atoms with Crippen molar-refractivity contribution in [3.05, 3.63) is 23.2 Å². The number of carbonyl (C=O) groups is 2. The van der Waals surface area contributed by atoms with Crippen molar-refractivity contribution in [2.45, 2.75) is 6.92 Å². The molecule has 0 aliphatic carbocycles. The van der Waals surface area contributed by atoms with E-state index in [0.29, 0.717) is 23.1 Å². The zero-order valence-corrected chi connectivity index (χ0v) is 12.6. The lowest BCUT2D eigenvalue weighted by Crippen LogP contribution is -2.37. The van der Waals surface area contributed by atoms with Gasteiger partial charge in [0.05, 0.1) is 19.4 Å². The van der Waals surface area contributed by atoms with Gasteiger partial charge in [0.2, 0.25) is 0 Å². The molecule has 0 heterocycles. The Kier molecular flexibility index (Phi) is 7.17. The van der Waals surface area contributed by atoms with Gasteiger partial charge < -0.3 is 25.4 Å². The van der Waals surface area contributed by atoms with Crippen molar-refractivity contribution in [2.75, 3.05) is 32.1 Å². The third-order valence-electron chi connectivity index (χ3n) is 2.37. The highest BCUT2D eigenvalue weighted by molar-refractivity contribution is 6.31. The first-order valence-electron chi connectivity index (χ1n) is 6.35. The lowest BCUT2D eigenvalue weighted by atomic mass is 10.3. The van der Waals surface area contributed by atoms with E-state index in [1.807, 2.05) is 0 Å². The fourth-order valence-corrected chi connectivity index (χ4v) is 1.64. The van der Waals surface area contributed by atoms with Crippen LogP contribution in [-0.4, -0.2) is 38.9 Å². The summed E-state index contributed by atoms with van der Waals surface area (Å²) < 4.78 is 9.79. The average molecular weight is 316 g/mol. The summed E-state index contributed by atoms with van der Waals surface area (Å²) in [5.41, 5.74) is 0.459. The highest BCUT2D eigenvalue weighted by Crippen LogP contribution is 2.27. The molecule has 0 saturated heterocycles. The third-order valence-corrected chi connectivity index (χ3v) is 2.60. The number of hydrogen-bond acceptors (Lipinski definition) is 4. The highest BCUT2D eigenvalue weighted by Gasteiger charge is 2.08. The lowest BCUT2D eigenvalue weighted by Gasteiger charge is -2.11. The highest BCUT2D eigenvalue weighted by atomic mass is 35.5. The quantitative estimate of drug-likeness (QED) is 0.702. The Bertz CT molecular complexity index is 496. The number of benzene rings is 1. The third kappa shape index (κ3) is 6.22. The second-order valence-electron chi connectivity index (χ2n) is 3.87. The first-order chi connectivity index (χ1) is 10.1. The molecule has 0 aliphatic heterocycles. The smallest absolute Gasteiger partial charge is 0.407 e. The fourth-order valence-electron chi connectivity index (χ4n) is 1.47. The van der Waals surface area contributed by atoms with Gasteiger partial charge in [-0.3, -0.25) is 0 Å². The molecule has 0 atom stereocenters. The molecule has 116 valence electrons. The zero-order chi connectivity index (χ0) is 15.7. The summed E-state index contributed by atoms with van der Waals surface area (Å²) >= 11 is 5.86. The van der Waals surface area contributed by atoms with Crippen molar-refractivity contribution in [1.82, 2.24) is 10.6 Å². The summed E-state index contributed by atoms with van der Waals surface area (Å²) in [5.74, 6) is 0.499. The van der Waals surface area contributed by atoms with E-state index in [4.69, 9.17) is 16.3 Å². The molecule has 0 aliphatic rings. The topological polar surface area (TPSA) is 88.7 Å². The number of halogens is 1. The second-order valence-corrected chi connectivity index (χ2v) is 4.31. The Labute approximate surface area is 127 Å². The van der Waals surface area contributed by atoms with E-state index < -0.39 is 12.1 Å². The molecule has 7 nitrogen and oxygen atoms in total. The van der Waals surface area contributed by atoms with E-state index in [1.165, 1.54) is 7.11 Å². The van der Waals surface area contributed by atoms with Gasteiger partial charge in [-0.25, -0.2) is 9.59 Å². The summed E-state index contributed by atoms with van der Waals surface area (Å²) in [6.45, 7) is 2.53. The Morgan fingerprint density at radius 3 is 2.62 bits per heavy atom. The van der Waals surface area contributed by atoms with Crippen LogP contribution < -0.4 is 20.7 Å². The number of methoxy groups -OCH3 is 1. The molecule has 0 radical (unpaired) electrons. The second kappa shape index (κ2) is 8.91. The van der Waals surface area contributed by atoms with Crippen LogP contribution in [0.5, 0.6) is 5.75 Å². The van der Waals surface area contributed by atoms with Crippen molar-refractivity contribution < 1.29 is 19.1 Å². The van der Waals surface area contributed by atoms with E-state index in [2.05, 4.69) is 20.7 Å². The van der Waals surface area contributed by atoms with Crippen molar-refractivity contribution in [2.24, 2.45) is 0 Å². The minimum Gasteiger partial charge on any atom is -0.495 e. The van der Waals surface area contributed by atoms with Gasteiger partial charge >= 0.3 is 12.1 Å². The molecule has 1 rings (SSSR count). The van der Waals surface area contributed by atoms with Gasteiger partial charge in [0, 0.05) is 18.1 Å². The largest absolute Gasteiger partial charge is 0.495 e.